The van der Waals surface area contributed by atoms with Crippen LogP contribution in [0, 0.1) is 0 Å². The number of fused-ring (bicyclic) bond motifs is 21. The van der Waals surface area contributed by atoms with Crippen LogP contribution in [0.15, 0.2) is 511 Å². The zero-order chi connectivity index (χ0) is 91.4. The molecule has 0 aliphatic carbocycles. The van der Waals surface area contributed by atoms with Crippen LogP contribution in [-0.4, -0.2) is 39.0 Å². The van der Waals surface area contributed by atoms with Crippen LogP contribution in [0.1, 0.15) is 0 Å². The third-order valence-corrected chi connectivity index (χ3v) is 29.5. The molecule has 0 amide bonds. The minimum absolute atomic E-state index is 0.717. The normalized spacial score (nSPS) is 11.8. The van der Waals surface area contributed by atoms with Gasteiger partial charge in [-0.2, -0.15) is 0 Å². The van der Waals surface area contributed by atoms with Crippen LogP contribution in [0.4, 0.5) is 17.1 Å². The maximum absolute atomic E-state index is 5.08. The Balaban J connectivity index is 0.000000110. The van der Waals surface area contributed by atoms with Crippen LogP contribution in [0.2, 0.25) is 0 Å². The zero-order valence-electron chi connectivity index (χ0n) is 74.5. The van der Waals surface area contributed by atoms with E-state index >= 15 is 0 Å². The topological polar surface area (TPSA) is 90.4 Å². The van der Waals surface area contributed by atoms with Crippen molar-refractivity contribution in [3.8, 4) is 179 Å². The van der Waals surface area contributed by atoms with E-state index < -0.39 is 0 Å². The van der Waals surface area contributed by atoms with Crippen molar-refractivity contribution in [1.82, 2.24) is 39.0 Å². The van der Waals surface area contributed by atoms with Gasteiger partial charge in [-0.25, -0.2) is 24.9 Å². The number of para-hydroxylation sites is 4. The van der Waals surface area contributed by atoms with Crippen molar-refractivity contribution in [2.24, 2.45) is 0 Å². The predicted octanol–water partition coefficient (Wildman–Crippen LogP) is 34.2. The number of benzene rings is 17. The highest BCUT2D eigenvalue weighted by Gasteiger charge is 2.33. The van der Waals surface area contributed by atoms with Crippen LogP contribution in [-0.2, 0) is 0 Å². The molecule has 0 saturated carbocycles. The van der Waals surface area contributed by atoms with Gasteiger partial charge in [0.2, 0.25) is 0 Å². The first-order valence-corrected chi connectivity index (χ1v) is 48.7. The third-order valence-electron chi connectivity index (χ3n) is 26.0. The number of nitrogens with zero attached hydrogens (tertiary/aromatic N) is 9. The Hall–Kier alpha value is -17.3. The number of thiophene rings is 1. The van der Waals surface area contributed by atoms with E-state index in [0.29, 0.717) is 0 Å². The molecule has 3 aliphatic heterocycles. The van der Waals surface area contributed by atoms with Crippen LogP contribution in [0.5, 0.6) is 0 Å². The highest BCUT2D eigenvalue weighted by molar-refractivity contribution is 8.00. The van der Waals surface area contributed by atoms with Gasteiger partial charge in [0.15, 0.2) is 11.6 Å². The van der Waals surface area contributed by atoms with E-state index in [1.807, 2.05) is 132 Å². The summed E-state index contributed by atoms with van der Waals surface area (Å²) >= 11 is 5.54. The molecule has 0 saturated heterocycles. The fourth-order valence-corrected chi connectivity index (χ4v) is 23.0. The van der Waals surface area contributed by atoms with Crippen LogP contribution < -0.4 is 4.90 Å². The lowest BCUT2D eigenvalue weighted by molar-refractivity contribution is 1.13. The number of anilines is 3. The standard InChI is InChI=1S/3C42H27N3S/c1-3-13-28(14-4-1)35-27-36(44-42(43-35)30-15-5-2-6-16-30)29-23-25-31(26-24-29)45-37-20-10-7-17-32(37)40-34-19-9-12-22-39(34)46-41(40)33-18-8-11-21-38(33)45;1-3-13-28(14-4-1)35-27-36(44-42(43-35)30-15-5-2-6-16-30)29-23-25-31(26-24-29)45-37-20-10-7-17-32(37)40-33-18-8-11-21-38(33)46-39-22-12-9-19-34(39)41(40)45;1-3-11-29(12-4-1)36-25-31(26-37(44-36)30-13-5-2-6-14-30)28-19-21-32(22-20-28)45-38-17-9-7-15-33(38)41-35-27-43-24-23-40(35)46-39-18-10-8-16-34(39)42(41)45/h3*1-27H. The molecule has 9 nitrogen and oxygen atoms in total. The Kier molecular flexibility index (Phi) is 21.5. The van der Waals surface area contributed by atoms with Gasteiger partial charge in [-0.05, 0) is 132 Å². The Labute approximate surface area is 811 Å². The lowest BCUT2D eigenvalue weighted by Gasteiger charge is -2.27. The summed E-state index contributed by atoms with van der Waals surface area (Å²) < 4.78 is 6.16. The number of hydrogen-bond donors (Lipinski definition) is 0. The number of hydrogen-bond acceptors (Lipinski definition) is 10. The third kappa shape index (κ3) is 15.3. The van der Waals surface area contributed by atoms with Crippen molar-refractivity contribution >= 4 is 83.8 Å². The minimum Gasteiger partial charge on any atom is -0.309 e. The van der Waals surface area contributed by atoms with Gasteiger partial charge in [0, 0.05) is 164 Å². The van der Waals surface area contributed by atoms with Crippen molar-refractivity contribution in [2.75, 3.05) is 4.90 Å². The Morgan fingerprint density at radius 3 is 1.01 bits per heavy atom. The summed E-state index contributed by atoms with van der Waals surface area (Å²) in [6.45, 7) is 0. The summed E-state index contributed by atoms with van der Waals surface area (Å²) in [5.41, 5.74) is 37.9. The molecule has 7 aromatic heterocycles. The van der Waals surface area contributed by atoms with Crippen molar-refractivity contribution in [1.29, 1.82) is 0 Å². The summed E-state index contributed by atoms with van der Waals surface area (Å²) in [4.78, 5) is 38.4. The number of aromatic nitrogens is 8. The molecule has 0 bridgehead atoms. The van der Waals surface area contributed by atoms with E-state index in [2.05, 4.69) is 413 Å². The van der Waals surface area contributed by atoms with Crippen molar-refractivity contribution in [3.63, 3.8) is 0 Å². The van der Waals surface area contributed by atoms with Crippen LogP contribution in [0.3, 0.4) is 0 Å². The molecule has 10 heterocycles. The van der Waals surface area contributed by atoms with E-state index in [0.717, 1.165) is 119 Å². The van der Waals surface area contributed by atoms with Crippen molar-refractivity contribution < 1.29 is 0 Å². The van der Waals surface area contributed by atoms with Gasteiger partial charge in [-0.15, -0.1) is 11.3 Å². The summed E-state index contributed by atoms with van der Waals surface area (Å²) in [6, 6.07) is 169. The van der Waals surface area contributed by atoms with E-state index in [4.69, 9.17) is 24.9 Å². The molecular weight excluding hydrogens is 1740 g/mol. The Morgan fingerprint density at radius 1 is 0.210 bits per heavy atom. The quantitative estimate of drug-likeness (QED) is 0.119. The van der Waals surface area contributed by atoms with Gasteiger partial charge in [0.1, 0.15) is 0 Å². The fourth-order valence-electron chi connectivity index (χ4n) is 19.6. The monoisotopic (exact) mass is 1820 g/mol. The predicted molar refractivity (Wildman–Crippen MR) is 573 cm³/mol. The van der Waals surface area contributed by atoms with Gasteiger partial charge in [0.05, 0.1) is 68.0 Å². The molecule has 0 spiro atoms. The molecule has 0 fully saturated rings. The van der Waals surface area contributed by atoms with Crippen molar-refractivity contribution in [2.45, 2.75) is 19.6 Å². The summed E-state index contributed by atoms with van der Waals surface area (Å²) in [5.74, 6) is 1.44. The second-order valence-corrected chi connectivity index (χ2v) is 37.5. The van der Waals surface area contributed by atoms with E-state index in [-0.39, 0.29) is 0 Å². The first kappa shape index (κ1) is 82.6. The Morgan fingerprint density at radius 2 is 0.543 bits per heavy atom. The molecule has 0 radical (unpaired) electrons. The summed E-state index contributed by atoms with van der Waals surface area (Å²) in [6.07, 6.45) is 3.91. The average Bonchev–Trinajstić information content (AvgIpc) is 1.56. The largest absolute Gasteiger partial charge is 0.309 e. The van der Waals surface area contributed by atoms with Gasteiger partial charge < -0.3 is 14.0 Å². The van der Waals surface area contributed by atoms with E-state index in [9.17, 15) is 0 Å². The molecule has 27 rings (SSSR count). The Bertz CT molecular complexity index is 8210. The van der Waals surface area contributed by atoms with Crippen LogP contribution in [0.25, 0.3) is 211 Å². The molecule has 648 valence electrons. The molecule has 0 N–H and O–H groups in total. The lowest BCUT2D eigenvalue weighted by atomic mass is 9.98. The molecular formula is C126H81N9S3. The minimum atomic E-state index is 0.717. The summed E-state index contributed by atoms with van der Waals surface area (Å²) in [7, 11) is 0. The zero-order valence-corrected chi connectivity index (χ0v) is 77.0. The van der Waals surface area contributed by atoms with Crippen molar-refractivity contribution in [3.05, 3.63) is 492 Å². The fraction of sp³-hybridized carbons (Fsp3) is 0. The number of rotatable bonds is 12. The number of pyridine rings is 2. The van der Waals surface area contributed by atoms with E-state index in [1.165, 1.54) is 129 Å². The molecule has 138 heavy (non-hydrogen) atoms. The first-order chi connectivity index (χ1) is 68.4. The first-order valence-electron chi connectivity index (χ1n) is 46.3. The highest BCUT2D eigenvalue weighted by Crippen LogP contribution is 2.58. The van der Waals surface area contributed by atoms with Gasteiger partial charge in [-0.1, -0.05) is 388 Å². The average molecular weight is 1820 g/mol. The highest BCUT2D eigenvalue weighted by atomic mass is 32.2. The molecule has 17 aromatic carbocycles. The maximum atomic E-state index is 5.08. The maximum Gasteiger partial charge on any atom is 0.160 e. The lowest BCUT2D eigenvalue weighted by Crippen LogP contribution is -2.10. The van der Waals surface area contributed by atoms with Gasteiger partial charge >= 0.3 is 0 Å². The smallest absolute Gasteiger partial charge is 0.160 e. The second-order valence-electron chi connectivity index (χ2n) is 34.3. The van der Waals surface area contributed by atoms with Crippen LogP contribution >= 0.6 is 34.9 Å². The molecule has 3 aliphatic rings. The second kappa shape index (κ2) is 35.9. The van der Waals surface area contributed by atoms with E-state index in [1.54, 1.807) is 0 Å². The summed E-state index contributed by atoms with van der Waals surface area (Å²) in [5, 5.41) is 3.78. The van der Waals surface area contributed by atoms with Gasteiger partial charge in [-0.3, -0.25) is 4.98 Å². The molecule has 24 aromatic rings. The SMILES string of the molecule is c1ccc(-c2cc(-c3ccc(-n4c5c(c6ccccc64)-c4ccccc4Sc4ccccc4-5)cc3)nc(-c3ccccc3)n2)cc1.c1ccc(-c2cc(-c3ccc(-n4c5c(c6ccccc64)-c4cnccc4Sc4ccccc4-5)cc3)cc(-c3ccccc3)n2)cc1.c1ccc(-c2cc(-c3ccc(N4c5ccccc5-c5sc6ccccc6c5-c5ccccc54)cc3)nc(-c3ccccc3)n2)cc1. The molecule has 0 atom stereocenters. The molecule has 12 heteroatoms. The van der Waals surface area contributed by atoms with Gasteiger partial charge in [0.25, 0.3) is 0 Å². The molecule has 0 unspecified atom stereocenters.